The monoisotopic (exact) mass is 362 g/mol. The summed E-state index contributed by atoms with van der Waals surface area (Å²) in [7, 11) is 0. The van der Waals surface area contributed by atoms with Gasteiger partial charge in [-0.15, -0.1) is 0 Å². The number of imidazole rings is 1. The minimum atomic E-state index is -0.163. The first-order valence-electron chi connectivity index (χ1n) is 9.19. The number of aromatic nitrogens is 2. The summed E-state index contributed by atoms with van der Waals surface area (Å²) in [5, 5.41) is 5.83. The van der Waals surface area contributed by atoms with Gasteiger partial charge in [-0.3, -0.25) is 9.59 Å². The second kappa shape index (κ2) is 7.23. The molecule has 2 amide bonds. The van der Waals surface area contributed by atoms with Gasteiger partial charge in [-0.25, -0.2) is 4.98 Å². The van der Waals surface area contributed by atoms with E-state index in [2.05, 4.69) is 15.6 Å². The summed E-state index contributed by atoms with van der Waals surface area (Å²) in [6, 6.07) is 11.8. The van der Waals surface area contributed by atoms with E-state index in [4.69, 9.17) is 0 Å². The molecule has 6 nitrogen and oxygen atoms in total. The second-order valence-electron chi connectivity index (χ2n) is 7.02. The van der Waals surface area contributed by atoms with Crippen LogP contribution in [0.2, 0.25) is 0 Å². The minimum Gasteiger partial charge on any atom is -0.350 e. The van der Waals surface area contributed by atoms with E-state index < -0.39 is 0 Å². The first-order chi connectivity index (χ1) is 13.1. The molecule has 3 aromatic rings. The Bertz CT molecular complexity index is 1010. The van der Waals surface area contributed by atoms with Crippen LogP contribution in [-0.4, -0.2) is 21.2 Å². The van der Waals surface area contributed by atoms with Gasteiger partial charge in [0.05, 0.1) is 12.2 Å². The van der Waals surface area contributed by atoms with Crippen molar-refractivity contribution in [2.75, 3.05) is 5.32 Å². The Balaban J connectivity index is 1.31. The van der Waals surface area contributed by atoms with Crippen LogP contribution in [0.25, 0.3) is 5.65 Å². The van der Waals surface area contributed by atoms with Crippen molar-refractivity contribution in [3.63, 3.8) is 0 Å². The minimum absolute atomic E-state index is 0.00248. The van der Waals surface area contributed by atoms with Crippen LogP contribution in [0.3, 0.4) is 0 Å². The van der Waals surface area contributed by atoms with Crippen LogP contribution >= 0.6 is 0 Å². The standard InChI is InChI=1S/C21H22N4O2/c1-14-5-4-10-25-13-17(23-20(14)25)12-22-19(26)9-8-16-11-15-6-2-3-7-18(15)24-21(16)27/h2-7,10,13,16H,8-9,11-12H2,1H3,(H,22,26)(H,24,27)/t16-/m1/s1. The highest BCUT2D eigenvalue weighted by Gasteiger charge is 2.26. The van der Waals surface area contributed by atoms with E-state index in [9.17, 15) is 9.59 Å². The molecule has 3 heterocycles. The van der Waals surface area contributed by atoms with Crippen LogP contribution in [0.4, 0.5) is 5.69 Å². The van der Waals surface area contributed by atoms with Gasteiger partial charge in [-0.05, 0) is 43.0 Å². The summed E-state index contributed by atoms with van der Waals surface area (Å²) < 4.78 is 1.96. The normalized spacial score (nSPS) is 16.0. The van der Waals surface area contributed by atoms with Crippen molar-refractivity contribution in [3.05, 3.63) is 65.6 Å². The van der Waals surface area contributed by atoms with Crippen molar-refractivity contribution in [3.8, 4) is 0 Å². The molecule has 2 aromatic heterocycles. The lowest BCUT2D eigenvalue weighted by molar-refractivity contribution is -0.123. The van der Waals surface area contributed by atoms with Gasteiger partial charge >= 0.3 is 0 Å². The Morgan fingerprint density at radius 2 is 2.15 bits per heavy atom. The zero-order valence-corrected chi connectivity index (χ0v) is 15.2. The Morgan fingerprint density at radius 1 is 1.30 bits per heavy atom. The topological polar surface area (TPSA) is 75.5 Å². The maximum atomic E-state index is 12.2. The number of carbonyl (C=O) groups excluding carboxylic acids is 2. The average molecular weight is 362 g/mol. The third-order valence-electron chi connectivity index (χ3n) is 5.03. The number of anilines is 1. The number of fused-ring (bicyclic) bond motifs is 2. The van der Waals surface area contributed by atoms with Crippen LogP contribution in [0.15, 0.2) is 48.8 Å². The molecule has 0 bridgehead atoms. The molecule has 0 fully saturated rings. The molecule has 0 saturated carbocycles. The van der Waals surface area contributed by atoms with E-state index in [1.165, 1.54) is 0 Å². The van der Waals surface area contributed by atoms with Gasteiger partial charge in [0, 0.05) is 30.4 Å². The summed E-state index contributed by atoms with van der Waals surface area (Å²) in [4.78, 5) is 29.0. The van der Waals surface area contributed by atoms with Crippen molar-refractivity contribution < 1.29 is 9.59 Å². The highest BCUT2D eigenvalue weighted by Crippen LogP contribution is 2.27. The molecule has 1 aromatic carbocycles. The fourth-order valence-corrected chi connectivity index (χ4v) is 3.52. The molecule has 0 unspecified atom stereocenters. The number of pyridine rings is 1. The molecule has 2 N–H and O–H groups in total. The van der Waals surface area contributed by atoms with Crippen molar-refractivity contribution in [1.82, 2.24) is 14.7 Å². The van der Waals surface area contributed by atoms with Gasteiger partial charge in [-0.2, -0.15) is 0 Å². The lowest BCUT2D eigenvalue weighted by atomic mass is 9.89. The number of carbonyl (C=O) groups is 2. The molecule has 4 rings (SSSR count). The molecule has 27 heavy (non-hydrogen) atoms. The predicted molar refractivity (Wildman–Crippen MR) is 103 cm³/mol. The number of hydrogen-bond acceptors (Lipinski definition) is 3. The number of hydrogen-bond donors (Lipinski definition) is 2. The van der Waals surface area contributed by atoms with E-state index in [0.717, 1.165) is 28.2 Å². The predicted octanol–water partition coefficient (Wildman–Crippen LogP) is 2.85. The molecule has 1 atom stereocenters. The molecular weight excluding hydrogens is 340 g/mol. The molecule has 0 radical (unpaired) electrons. The van der Waals surface area contributed by atoms with Crippen LogP contribution in [0.5, 0.6) is 0 Å². The summed E-state index contributed by atoms with van der Waals surface area (Å²) >= 11 is 0. The number of amides is 2. The smallest absolute Gasteiger partial charge is 0.227 e. The summed E-state index contributed by atoms with van der Waals surface area (Å²) in [5.41, 5.74) is 4.83. The van der Waals surface area contributed by atoms with Gasteiger partial charge in [0.25, 0.3) is 0 Å². The van der Waals surface area contributed by atoms with Crippen molar-refractivity contribution in [1.29, 1.82) is 0 Å². The highest BCUT2D eigenvalue weighted by atomic mass is 16.2. The van der Waals surface area contributed by atoms with E-state index in [1.54, 1.807) is 0 Å². The maximum absolute atomic E-state index is 12.2. The first-order valence-corrected chi connectivity index (χ1v) is 9.19. The summed E-state index contributed by atoms with van der Waals surface area (Å²) in [6.07, 6.45) is 5.41. The zero-order chi connectivity index (χ0) is 18.8. The average Bonchev–Trinajstić information content (AvgIpc) is 3.09. The zero-order valence-electron chi connectivity index (χ0n) is 15.2. The summed E-state index contributed by atoms with van der Waals surface area (Å²) in [5.74, 6) is -0.226. The van der Waals surface area contributed by atoms with Crippen LogP contribution < -0.4 is 10.6 Å². The number of rotatable bonds is 5. The van der Waals surface area contributed by atoms with Gasteiger partial charge in [0.15, 0.2) is 0 Å². The van der Waals surface area contributed by atoms with E-state index >= 15 is 0 Å². The Morgan fingerprint density at radius 3 is 3.00 bits per heavy atom. The molecule has 6 heteroatoms. The Kier molecular flexibility index (Phi) is 4.62. The van der Waals surface area contributed by atoms with E-state index in [-0.39, 0.29) is 17.7 Å². The fourth-order valence-electron chi connectivity index (χ4n) is 3.52. The number of benzene rings is 1. The number of para-hydroxylation sites is 1. The quantitative estimate of drug-likeness (QED) is 0.733. The van der Waals surface area contributed by atoms with Crippen molar-refractivity contribution in [2.24, 2.45) is 5.92 Å². The number of nitrogens with one attached hydrogen (secondary N) is 2. The van der Waals surface area contributed by atoms with Gasteiger partial charge < -0.3 is 15.0 Å². The molecule has 0 saturated heterocycles. The van der Waals surface area contributed by atoms with Crippen LogP contribution in [-0.2, 0) is 22.6 Å². The maximum Gasteiger partial charge on any atom is 0.227 e. The molecule has 0 aliphatic carbocycles. The van der Waals surface area contributed by atoms with Crippen LogP contribution in [0, 0.1) is 12.8 Å². The highest BCUT2D eigenvalue weighted by molar-refractivity contribution is 5.96. The third-order valence-corrected chi connectivity index (χ3v) is 5.03. The van der Waals surface area contributed by atoms with Crippen molar-refractivity contribution in [2.45, 2.75) is 32.7 Å². The first kappa shape index (κ1) is 17.3. The Labute approximate surface area is 157 Å². The Hall–Kier alpha value is -3.15. The lowest BCUT2D eigenvalue weighted by Crippen LogP contribution is -2.31. The van der Waals surface area contributed by atoms with Gasteiger partial charge in [0.1, 0.15) is 5.65 Å². The SMILES string of the molecule is Cc1cccn2cc(CNC(=O)CC[C@@H]3Cc4ccccc4NC3=O)nc12. The summed E-state index contributed by atoms with van der Waals surface area (Å²) in [6.45, 7) is 2.40. The van der Waals surface area contributed by atoms with Crippen LogP contribution in [0.1, 0.15) is 29.7 Å². The molecular formula is C21H22N4O2. The molecule has 1 aliphatic heterocycles. The third kappa shape index (κ3) is 3.69. The number of aryl methyl sites for hydroxylation is 1. The molecule has 138 valence electrons. The number of nitrogens with zero attached hydrogens (tertiary/aromatic N) is 2. The van der Waals surface area contributed by atoms with Crippen molar-refractivity contribution >= 4 is 23.1 Å². The van der Waals surface area contributed by atoms with E-state index in [0.29, 0.717) is 25.8 Å². The lowest BCUT2D eigenvalue weighted by Gasteiger charge is -2.24. The fraction of sp³-hybridized carbons (Fsp3) is 0.286. The largest absolute Gasteiger partial charge is 0.350 e. The van der Waals surface area contributed by atoms with Gasteiger partial charge in [0.2, 0.25) is 11.8 Å². The van der Waals surface area contributed by atoms with Gasteiger partial charge in [-0.1, -0.05) is 24.3 Å². The second-order valence-corrected chi connectivity index (χ2v) is 7.02. The molecule has 1 aliphatic rings. The van der Waals surface area contributed by atoms with E-state index in [1.807, 2.05) is 60.1 Å². The molecule has 0 spiro atoms.